The van der Waals surface area contributed by atoms with E-state index in [1.165, 1.54) is 51.4 Å². The highest BCUT2D eigenvalue weighted by atomic mass is 31.2. The van der Waals surface area contributed by atoms with Gasteiger partial charge in [0.2, 0.25) is 0 Å². The Morgan fingerprint density at radius 1 is 0.534 bits per heavy atom. The minimum Gasteiger partial charge on any atom is -0.462 e. The number of hydrogen-bond donors (Lipinski definition) is 1. The van der Waals surface area contributed by atoms with E-state index in [9.17, 15) is 19.0 Å². The Bertz CT molecular complexity index is 1260. The Morgan fingerprint density at radius 2 is 0.948 bits per heavy atom. The van der Waals surface area contributed by atoms with Crippen molar-refractivity contribution in [1.29, 1.82) is 0 Å². The number of nitrogens with zero attached hydrogens (tertiary/aromatic N) is 1. The molecule has 0 aliphatic heterocycles. The van der Waals surface area contributed by atoms with E-state index in [1.807, 2.05) is 27.2 Å². The molecule has 332 valence electrons. The third kappa shape index (κ3) is 42.8. The Labute approximate surface area is 354 Å². The third-order valence-corrected chi connectivity index (χ3v) is 9.88. The first kappa shape index (κ1) is 55.2. The molecule has 0 aliphatic carbocycles. The zero-order chi connectivity index (χ0) is 42.8. The lowest BCUT2D eigenvalue weighted by atomic mass is 10.1. The van der Waals surface area contributed by atoms with Crippen molar-refractivity contribution in [3.05, 3.63) is 85.1 Å². The summed E-state index contributed by atoms with van der Waals surface area (Å²) >= 11 is 0. The van der Waals surface area contributed by atoms with Gasteiger partial charge in [0.25, 0.3) is 0 Å². The highest BCUT2D eigenvalue weighted by Crippen LogP contribution is 2.43. The molecule has 9 nitrogen and oxygen atoms in total. The number of esters is 2. The predicted molar refractivity (Wildman–Crippen MR) is 242 cm³/mol. The highest BCUT2D eigenvalue weighted by molar-refractivity contribution is 7.47. The van der Waals surface area contributed by atoms with Crippen molar-refractivity contribution in [1.82, 2.24) is 0 Å². The molecular weight excluding hydrogens is 750 g/mol. The summed E-state index contributed by atoms with van der Waals surface area (Å²) in [7, 11) is 1.41. The normalized spacial score (nSPS) is 14.4. The van der Waals surface area contributed by atoms with Crippen LogP contribution in [0.2, 0.25) is 0 Å². The summed E-state index contributed by atoms with van der Waals surface area (Å²) in [5.41, 5.74) is 0. The summed E-state index contributed by atoms with van der Waals surface area (Å²) in [5.74, 6) is -0.898. The van der Waals surface area contributed by atoms with Crippen LogP contribution in [-0.2, 0) is 32.7 Å². The molecular formula is C48H83NO8P+. The lowest BCUT2D eigenvalue weighted by molar-refractivity contribution is -0.870. The molecule has 0 bridgehead atoms. The van der Waals surface area contributed by atoms with Crippen LogP contribution in [0.25, 0.3) is 0 Å². The van der Waals surface area contributed by atoms with Crippen LogP contribution in [0.1, 0.15) is 155 Å². The molecule has 0 saturated carbocycles. The molecule has 0 fully saturated rings. The molecule has 0 saturated heterocycles. The SMILES string of the molecule is CCCCC/C=C\C/C=C\C/C=C\C/C=C\CCCC(=O)O[C@H](COC(=O)CCCCCC/C=C\C/C=C\C/C=C\CCCCC)COP(=O)(O)OCC[N+](C)(C)C. The number of rotatable bonds is 39. The number of likely N-dealkylation sites (N-methyl/N-ethyl adjacent to an activating group) is 1. The molecule has 1 N–H and O–H groups in total. The van der Waals surface area contributed by atoms with Gasteiger partial charge in [0.15, 0.2) is 6.10 Å². The number of unbranched alkanes of at least 4 members (excludes halogenated alkanes) is 11. The molecule has 0 rings (SSSR count). The quantitative estimate of drug-likeness (QED) is 0.0214. The Morgan fingerprint density at radius 3 is 1.41 bits per heavy atom. The molecule has 1 unspecified atom stereocenters. The van der Waals surface area contributed by atoms with Crippen molar-refractivity contribution in [2.75, 3.05) is 47.5 Å². The minimum atomic E-state index is -4.40. The molecule has 0 aliphatic rings. The number of allylic oxidation sites excluding steroid dienone is 14. The van der Waals surface area contributed by atoms with E-state index in [4.69, 9.17) is 18.5 Å². The largest absolute Gasteiger partial charge is 0.472 e. The zero-order valence-electron chi connectivity index (χ0n) is 37.2. The van der Waals surface area contributed by atoms with E-state index in [0.29, 0.717) is 30.3 Å². The van der Waals surface area contributed by atoms with Gasteiger partial charge in [0.05, 0.1) is 27.7 Å². The monoisotopic (exact) mass is 833 g/mol. The van der Waals surface area contributed by atoms with E-state index in [1.54, 1.807) is 0 Å². The zero-order valence-corrected chi connectivity index (χ0v) is 38.1. The second-order valence-corrected chi connectivity index (χ2v) is 17.2. The fourth-order valence-corrected chi connectivity index (χ4v) is 6.11. The molecule has 2 atom stereocenters. The maximum absolute atomic E-state index is 12.7. The van der Waals surface area contributed by atoms with Crippen LogP contribution in [0.3, 0.4) is 0 Å². The summed E-state index contributed by atoms with van der Waals surface area (Å²) < 4.78 is 34.2. The van der Waals surface area contributed by atoms with Crippen molar-refractivity contribution in [3.63, 3.8) is 0 Å². The van der Waals surface area contributed by atoms with Crippen LogP contribution in [-0.4, -0.2) is 74.9 Å². The van der Waals surface area contributed by atoms with E-state index in [0.717, 1.165) is 57.8 Å². The molecule has 0 aromatic heterocycles. The van der Waals surface area contributed by atoms with Crippen LogP contribution in [0.5, 0.6) is 0 Å². The van der Waals surface area contributed by atoms with Crippen molar-refractivity contribution in [2.45, 2.75) is 161 Å². The van der Waals surface area contributed by atoms with Gasteiger partial charge in [-0.2, -0.15) is 0 Å². The maximum atomic E-state index is 12.7. The van der Waals surface area contributed by atoms with Crippen LogP contribution < -0.4 is 0 Å². The Kier molecular flexibility index (Phi) is 37.7. The van der Waals surface area contributed by atoms with Crippen molar-refractivity contribution in [3.8, 4) is 0 Å². The van der Waals surface area contributed by atoms with Gasteiger partial charge in [-0.3, -0.25) is 18.6 Å². The van der Waals surface area contributed by atoms with E-state index < -0.39 is 32.5 Å². The summed E-state index contributed by atoms with van der Waals surface area (Å²) in [4.78, 5) is 35.4. The summed E-state index contributed by atoms with van der Waals surface area (Å²) in [5, 5.41) is 0. The number of carbonyl (C=O) groups excluding carboxylic acids is 2. The lowest BCUT2D eigenvalue weighted by Crippen LogP contribution is -2.37. The molecule has 58 heavy (non-hydrogen) atoms. The second kappa shape index (κ2) is 39.6. The van der Waals surface area contributed by atoms with Gasteiger partial charge in [0, 0.05) is 12.8 Å². The first-order valence-electron chi connectivity index (χ1n) is 22.3. The third-order valence-electron chi connectivity index (χ3n) is 8.90. The molecule has 0 radical (unpaired) electrons. The average Bonchev–Trinajstić information content (AvgIpc) is 3.17. The topological polar surface area (TPSA) is 108 Å². The van der Waals surface area contributed by atoms with Gasteiger partial charge in [-0.15, -0.1) is 0 Å². The van der Waals surface area contributed by atoms with Gasteiger partial charge >= 0.3 is 19.8 Å². The Balaban J connectivity index is 4.52. The van der Waals surface area contributed by atoms with Gasteiger partial charge in [-0.1, -0.05) is 137 Å². The average molecular weight is 833 g/mol. The lowest BCUT2D eigenvalue weighted by Gasteiger charge is -2.24. The molecule has 0 aromatic carbocycles. The minimum absolute atomic E-state index is 0.0131. The van der Waals surface area contributed by atoms with Gasteiger partial charge in [0.1, 0.15) is 19.8 Å². The van der Waals surface area contributed by atoms with Crippen LogP contribution >= 0.6 is 7.82 Å². The van der Waals surface area contributed by atoms with Crippen molar-refractivity contribution in [2.24, 2.45) is 0 Å². The molecule has 0 aromatic rings. The fourth-order valence-electron chi connectivity index (χ4n) is 5.36. The smallest absolute Gasteiger partial charge is 0.462 e. The summed E-state index contributed by atoms with van der Waals surface area (Å²) in [6, 6.07) is 0. The number of carbonyl (C=O) groups is 2. The first-order valence-corrected chi connectivity index (χ1v) is 23.8. The first-order chi connectivity index (χ1) is 28.0. The van der Waals surface area contributed by atoms with E-state index in [2.05, 4.69) is 92.8 Å². The summed E-state index contributed by atoms with van der Waals surface area (Å²) in [6.07, 6.45) is 50.6. The van der Waals surface area contributed by atoms with Crippen molar-refractivity contribution < 1.29 is 42.1 Å². The van der Waals surface area contributed by atoms with E-state index >= 15 is 0 Å². The number of ether oxygens (including phenoxy) is 2. The van der Waals surface area contributed by atoms with Gasteiger partial charge in [-0.05, 0) is 89.9 Å². The second-order valence-electron chi connectivity index (χ2n) is 15.7. The summed E-state index contributed by atoms with van der Waals surface area (Å²) in [6.45, 7) is 4.25. The molecule has 0 heterocycles. The van der Waals surface area contributed by atoms with Gasteiger partial charge < -0.3 is 18.9 Å². The maximum Gasteiger partial charge on any atom is 0.472 e. The number of phosphoric ester groups is 1. The van der Waals surface area contributed by atoms with E-state index in [-0.39, 0.29) is 26.1 Å². The number of quaternary nitrogens is 1. The highest BCUT2D eigenvalue weighted by Gasteiger charge is 2.27. The predicted octanol–water partition coefficient (Wildman–Crippen LogP) is 12.8. The Hall–Kier alpha value is -2.81. The molecule has 0 spiro atoms. The molecule has 10 heteroatoms. The molecule has 0 amide bonds. The van der Waals surface area contributed by atoms with Crippen LogP contribution in [0, 0.1) is 0 Å². The van der Waals surface area contributed by atoms with Crippen molar-refractivity contribution >= 4 is 19.8 Å². The van der Waals surface area contributed by atoms with Crippen LogP contribution in [0.4, 0.5) is 0 Å². The fraction of sp³-hybridized carbons (Fsp3) is 0.667. The number of hydrogen-bond acceptors (Lipinski definition) is 7. The van der Waals surface area contributed by atoms with Crippen LogP contribution in [0.15, 0.2) is 85.1 Å². The number of phosphoric acid groups is 1. The van der Waals surface area contributed by atoms with Gasteiger partial charge in [-0.25, -0.2) is 4.57 Å². The standard InChI is InChI=1S/C48H82NO8P/c1-6-8-10-12-14-16-18-20-22-24-26-28-30-32-34-36-38-40-47(50)54-44-46(45-56-58(52,53)55-43-42-49(3,4)5)57-48(51)41-39-37-35-33-31-29-27-25-23-21-19-17-15-13-11-9-7-2/h14-17,20-23,26-29,33,35,46H,6-13,18-19,24-25,30-32,34,36-45H2,1-5H3/p+1/b16-14-,17-15-,22-20-,23-21-,28-26-,29-27-,35-33-/t46-/m1/s1.